The van der Waals surface area contributed by atoms with Crippen molar-refractivity contribution >= 4 is 35.3 Å². The lowest BCUT2D eigenvalue weighted by Crippen LogP contribution is -2.30. The maximum atomic E-state index is 12.8. The van der Waals surface area contributed by atoms with Gasteiger partial charge in [-0.15, -0.1) is 0 Å². The third-order valence-corrected chi connectivity index (χ3v) is 4.86. The van der Waals surface area contributed by atoms with Gasteiger partial charge in [0.2, 0.25) is 0 Å². The Morgan fingerprint density at radius 2 is 1.82 bits per heavy atom. The van der Waals surface area contributed by atoms with E-state index in [-0.39, 0.29) is 5.70 Å². The predicted molar refractivity (Wildman–Crippen MR) is 111 cm³/mol. The lowest BCUT2D eigenvalue weighted by molar-refractivity contribution is -0.113. The average molecular weight is 392 g/mol. The van der Waals surface area contributed by atoms with E-state index in [0.29, 0.717) is 10.7 Å². The van der Waals surface area contributed by atoms with Crippen LogP contribution in [0.25, 0.3) is 11.8 Å². The van der Waals surface area contributed by atoms with Crippen molar-refractivity contribution in [2.24, 2.45) is 0 Å². The van der Waals surface area contributed by atoms with Crippen LogP contribution in [0.2, 0.25) is 5.02 Å². The first-order chi connectivity index (χ1) is 13.4. The highest BCUT2D eigenvalue weighted by molar-refractivity contribution is 6.32. The minimum absolute atomic E-state index is 0.217. The molecule has 4 rings (SSSR count). The number of nitrogens with zero attached hydrogens (tertiary/aromatic N) is 2. The van der Waals surface area contributed by atoms with Crippen molar-refractivity contribution in [2.75, 3.05) is 4.90 Å². The number of carbonyl (C=O) groups excluding carboxylic acids is 2. The Bertz CT molecular complexity index is 1130. The molecule has 1 N–H and O–H groups in total. The molecule has 0 spiro atoms. The number of aryl methyl sites for hydroxylation is 2. The summed E-state index contributed by atoms with van der Waals surface area (Å²) in [6.07, 6.45) is 3.62. The van der Waals surface area contributed by atoms with Crippen molar-refractivity contribution in [1.82, 2.24) is 9.88 Å². The van der Waals surface area contributed by atoms with Crippen molar-refractivity contribution in [1.29, 1.82) is 0 Å². The fourth-order valence-corrected chi connectivity index (χ4v) is 3.52. The van der Waals surface area contributed by atoms with Gasteiger partial charge in [0.15, 0.2) is 0 Å². The molecule has 1 aliphatic heterocycles. The molecule has 0 unspecified atom stereocenters. The quantitative estimate of drug-likeness (QED) is 0.512. The minimum atomic E-state index is -0.497. The first kappa shape index (κ1) is 18.1. The zero-order chi connectivity index (χ0) is 19.8. The fourth-order valence-electron chi connectivity index (χ4n) is 3.34. The van der Waals surface area contributed by atoms with Crippen LogP contribution in [0.15, 0.2) is 66.5 Å². The molecule has 5 nitrogen and oxygen atoms in total. The third-order valence-electron chi connectivity index (χ3n) is 4.63. The molecule has 0 bridgehead atoms. The number of rotatable bonds is 3. The van der Waals surface area contributed by atoms with Gasteiger partial charge in [-0.1, -0.05) is 35.4 Å². The molecule has 1 aromatic heterocycles. The van der Waals surface area contributed by atoms with Gasteiger partial charge in [-0.3, -0.25) is 4.79 Å². The molecule has 2 aromatic carbocycles. The number of imide groups is 1. The second-order valence-electron chi connectivity index (χ2n) is 6.70. The number of nitrogens with one attached hydrogen (secondary N) is 1. The topological polar surface area (TPSA) is 54.3 Å². The lowest BCUT2D eigenvalue weighted by Gasteiger charge is -2.12. The van der Waals surface area contributed by atoms with Crippen LogP contribution in [0.3, 0.4) is 0 Å². The fraction of sp³-hybridized carbons (Fsp3) is 0.0909. The Kier molecular flexibility index (Phi) is 4.53. The SMILES string of the molecule is Cc1ccc(-n2cccc2/C=C2/NC(=O)N(c3cccc(Cl)c3)C2=O)c(C)c1. The molecule has 1 saturated heterocycles. The number of urea groups is 1. The molecule has 0 saturated carbocycles. The Morgan fingerprint density at radius 3 is 2.57 bits per heavy atom. The van der Waals surface area contributed by atoms with E-state index in [9.17, 15) is 9.59 Å². The predicted octanol–water partition coefficient (Wildman–Crippen LogP) is 4.84. The number of aromatic nitrogens is 1. The molecule has 6 heteroatoms. The zero-order valence-corrected chi connectivity index (χ0v) is 16.2. The molecule has 140 valence electrons. The summed E-state index contributed by atoms with van der Waals surface area (Å²) in [6, 6.07) is 16.1. The number of benzene rings is 2. The molecule has 28 heavy (non-hydrogen) atoms. The van der Waals surface area contributed by atoms with E-state index >= 15 is 0 Å². The van der Waals surface area contributed by atoms with Crippen molar-refractivity contribution in [3.63, 3.8) is 0 Å². The van der Waals surface area contributed by atoms with Crippen LogP contribution >= 0.6 is 11.6 Å². The van der Waals surface area contributed by atoms with Crippen LogP contribution in [0, 0.1) is 13.8 Å². The smallest absolute Gasteiger partial charge is 0.317 e. The number of hydrogen-bond donors (Lipinski definition) is 1. The van der Waals surface area contributed by atoms with Crippen LogP contribution in [0.1, 0.15) is 16.8 Å². The van der Waals surface area contributed by atoms with E-state index in [4.69, 9.17) is 11.6 Å². The van der Waals surface area contributed by atoms with Gasteiger partial charge in [0, 0.05) is 22.6 Å². The van der Waals surface area contributed by atoms with E-state index in [0.717, 1.165) is 21.8 Å². The number of amides is 3. The Hall–Kier alpha value is -3.31. The van der Waals surface area contributed by atoms with Crippen LogP contribution in [-0.2, 0) is 4.79 Å². The first-order valence-corrected chi connectivity index (χ1v) is 9.19. The van der Waals surface area contributed by atoms with Gasteiger partial charge in [-0.25, -0.2) is 9.69 Å². The van der Waals surface area contributed by atoms with E-state index in [1.54, 1.807) is 30.3 Å². The monoisotopic (exact) mass is 391 g/mol. The molecular formula is C22H18ClN3O2. The van der Waals surface area contributed by atoms with Crippen LogP contribution in [0.5, 0.6) is 0 Å². The van der Waals surface area contributed by atoms with Crippen molar-refractivity contribution in [3.05, 3.63) is 88.3 Å². The van der Waals surface area contributed by atoms with Gasteiger partial charge in [0.1, 0.15) is 5.70 Å². The standard InChI is InChI=1S/C22H18ClN3O2/c1-14-8-9-20(15(2)11-14)25-10-4-7-17(25)13-19-21(27)26(22(28)24-19)18-6-3-5-16(23)12-18/h3-13H,1-2H3,(H,24,28)/b19-13+. The Balaban J connectivity index is 1.71. The lowest BCUT2D eigenvalue weighted by atomic mass is 10.1. The molecule has 0 aliphatic carbocycles. The normalized spacial score (nSPS) is 15.4. The Labute approximate surface area is 167 Å². The van der Waals surface area contributed by atoms with E-state index < -0.39 is 11.9 Å². The van der Waals surface area contributed by atoms with Gasteiger partial charge in [0.25, 0.3) is 5.91 Å². The average Bonchev–Trinajstić information content (AvgIpc) is 3.20. The molecule has 1 fully saturated rings. The number of anilines is 1. The Morgan fingerprint density at radius 1 is 1.00 bits per heavy atom. The summed E-state index contributed by atoms with van der Waals surface area (Å²) in [6.45, 7) is 4.09. The van der Waals surface area contributed by atoms with Crippen LogP contribution in [0.4, 0.5) is 10.5 Å². The molecule has 3 amide bonds. The number of hydrogen-bond acceptors (Lipinski definition) is 2. The number of carbonyl (C=O) groups is 2. The largest absolute Gasteiger partial charge is 0.333 e. The zero-order valence-electron chi connectivity index (χ0n) is 15.4. The summed E-state index contributed by atoms with van der Waals surface area (Å²) >= 11 is 6.00. The van der Waals surface area contributed by atoms with E-state index in [1.807, 2.05) is 48.9 Å². The van der Waals surface area contributed by atoms with Crippen molar-refractivity contribution in [2.45, 2.75) is 13.8 Å². The van der Waals surface area contributed by atoms with Gasteiger partial charge >= 0.3 is 6.03 Å². The second kappa shape index (κ2) is 7.02. The van der Waals surface area contributed by atoms with Crippen LogP contribution in [-0.4, -0.2) is 16.5 Å². The molecule has 2 heterocycles. The highest BCUT2D eigenvalue weighted by atomic mass is 35.5. The number of halogens is 1. The first-order valence-electron chi connectivity index (χ1n) is 8.82. The van der Waals surface area contributed by atoms with Gasteiger partial charge in [0.05, 0.1) is 5.69 Å². The summed E-state index contributed by atoms with van der Waals surface area (Å²) in [7, 11) is 0. The van der Waals surface area contributed by atoms with Gasteiger partial charge in [-0.2, -0.15) is 0 Å². The summed E-state index contributed by atoms with van der Waals surface area (Å²) in [4.78, 5) is 26.3. The highest BCUT2D eigenvalue weighted by Crippen LogP contribution is 2.26. The van der Waals surface area contributed by atoms with Crippen LogP contribution < -0.4 is 10.2 Å². The van der Waals surface area contributed by atoms with Gasteiger partial charge < -0.3 is 9.88 Å². The molecule has 1 aliphatic rings. The molecular weight excluding hydrogens is 374 g/mol. The second-order valence-corrected chi connectivity index (χ2v) is 7.14. The van der Waals surface area contributed by atoms with Crippen molar-refractivity contribution in [3.8, 4) is 5.69 Å². The highest BCUT2D eigenvalue weighted by Gasteiger charge is 2.35. The van der Waals surface area contributed by atoms with E-state index in [2.05, 4.69) is 11.4 Å². The maximum Gasteiger partial charge on any atom is 0.333 e. The summed E-state index contributed by atoms with van der Waals surface area (Å²) in [5, 5.41) is 3.11. The summed E-state index contributed by atoms with van der Waals surface area (Å²) in [5.74, 6) is -0.416. The van der Waals surface area contributed by atoms with Crippen molar-refractivity contribution < 1.29 is 9.59 Å². The molecule has 0 radical (unpaired) electrons. The van der Waals surface area contributed by atoms with E-state index in [1.165, 1.54) is 5.56 Å². The molecule has 0 atom stereocenters. The summed E-state index contributed by atoms with van der Waals surface area (Å²) < 4.78 is 1.99. The molecule has 3 aromatic rings. The minimum Gasteiger partial charge on any atom is -0.317 e. The third kappa shape index (κ3) is 3.21. The maximum absolute atomic E-state index is 12.8. The van der Waals surface area contributed by atoms with Gasteiger partial charge in [-0.05, 0) is 61.9 Å². The summed E-state index contributed by atoms with van der Waals surface area (Å²) in [5.41, 5.74) is 4.77.